The van der Waals surface area contributed by atoms with Crippen LogP contribution in [0.15, 0.2) is 22.7 Å². The van der Waals surface area contributed by atoms with Crippen molar-refractivity contribution in [3.05, 3.63) is 33.2 Å². The summed E-state index contributed by atoms with van der Waals surface area (Å²) in [5, 5.41) is 23.3. The Morgan fingerprint density at radius 2 is 2.21 bits per heavy atom. The van der Waals surface area contributed by atoms with Crippen molar-refractivity contribution in [3.8, 4) is 0 Å². The molecular formula is C14H16N6OS3. The summed E-state index contributed by atoms with van der Waals surface area (Å²) in [7, 11) is 1.92. The van der Waals surface area contributed by atoms with Crippen LogP contribution < -0.4 is 5.32 Å². The summed E-state index contributed by atoms with van der Waals surface area (Å²) in [6.45, 7) is 2.00. The van der Waals surface area contributed by atoms with Crippen LogP contribution in [0.5, 0.6) is 0 Å². The molecule has 24 heavy (non-hydrogen) atoms. The van der Waals surface area contributed by atoms with E-state index in [0.717, 1.165) is 28.8 Å². The summed E-state index contributed by atoms with van der Waals surface area (Å²) in [6, 6.07) is 4.10. The largest absolute Gasteiger partial charge is 0.309 e. The smallest absolute Gasteiger partial charge is 0.236 e. The number of hydrogen-bond acceptors (Lipinski definition) is 8. The molecule has 0 radical (unpaired) electrons. The molecule has 0 saturated heterocycles. The third kappa shape index (κ3) is 4.19. The minimum absolute atomic E-state index is 0.124. The van der Waals surface area contributed by atoms with Gasteiger partial charge in [-0.15, -0.1) is 31.7 Å². The van der Waals surface area contributed by atoms with E-state index in [9.17, 15) is 4.79 Å². The van der Waals surface area contributed by atoms with Gasteiger partial charge in [-0.3, -0.25) is 10.1 Å². The first-order valence-corrected chi connectivity index (χ1v) is 9.99. The molecule has 0 aliphatic carbocycles. The number of carbonyl (C=O) groups excluding carboxylic acids is 1. The van der Waals surface area contributed by atoms with Gasteiger partial charge in [-0.2, -0.15) is 0 Å². The lowest BCUT2D eigenvalue weighted by molar-refractivity contribution is -0.113. The van der Waals surface area contributed by atoms with Crippen LogP contribution in [0.4, 0.5) is 5.13 Å². The van der Waals surface area contributed by atoms with Gasteiger partial charge in [0.25, 0.3) is 0 Å². The lowest BCUT2D eigenvalue weighted by atomic mass is 10.3. The third-order valence-electron chi connectivity index (χ3n) is 3.19. The van der Waals surface area contributed by atoms with Gasteiger partial charge in [-0.05, 0) is 17.9 Å². The average molecular weight is 381 g/mol. The number of hydrogen-bond donors (Lipinski definition) is 1. The molecule has 1 amide bonds. The molecule has 0 bridgehead atoms. The van der Waals surface area contributed by atoms with Gasteiger partial charge in [0.15, 0.2) is 5.16 Å². The highest BCUT2D eigenvalue weighted by Crippen LogP contribution is 2.20. The quantitative estimate of drug-likeness (QED) is 0.634. The Morgan fingerprint density at radius 1 is 1.33 bits per heavy atom. The number of aryl methyl sites for hydroxylation is 1. The Morgan fingerprint density at radius 3 is 2.92 bits per heavy atom. The fourth-order valence-electron chi connectivity index (χ4n) is 1.93. The van der Waals surface area contributed by atoms with Crippen molar-refractivity contribution >= 4 is 45.5 Å². The van der Waals surface area contributed by atoms with E-state index in [1.807, 2.05) is 30.0 Å². The van der Waals surface area contributed by atoms with Gasteiger partial charge in [0.1, 0.15) is 10.8 Å². The molecule has 3 rings (SSSR count). The van der Waals surface area contributed by atoms with E-state index in [4.69, 9.17) is 0 Å². The van der Waals surface area contributed by atoms with E-state index in [1.165, 1.54) is 28.0 Å². The van der Waals surface area contributed by atoms with Crippen molar-refractivity contribution < 1.29 is 4.79 Å². The SMILES string of the molecule is CCc1nnc(NC(=O)CSc2nnc(Cc3cccs3)n2C)s1. The average Bonchev–Trinajstić information content (AvgIpc) is 3.30. The summed E-state index contributed by atoms with van der Waals surface area (Å²) in [6.07, 6.45) is 1.56. The van der Waals surface area contributed by atoms with Crippen LogP contribution in [0, 0.1) is 0 Å². The summed E-state index contributed by atoms with van der Waals surface area (Å²) in [4.78, 5) is 13.2. The normalized spacial score (nSPS) is 10.9. The Kier molecular flexibility index (Phi) is 5.59. The highest BCUT2D eigenvalue weighted by atomic mass is 32.2. The van der Waals surface area contributed by atoms with Gasteiger partial charge in [0, 0.05) is 18.3 Å². The first-order valence-electron chi connectivity index (χ1n) is 7.31. The van der Waals surface area contributed by atoms with Crippen LogP contribution in [-0.4, -0.2) is 36.6 Å². The fourth-order valence-corrected chi connectivity index (χ4v) is 4.05. The zero-order chi connectivity index (χ0) is 16.9. The molecule has 7 nitrogen and oxygen atoms in total. The molecule has 10 heteroatoms. The van der Waals surface area contributed by atoms with Gasteiger partial charge >= 0.3 is 0 Å². The number of carbonyl (C=O) groups is 1. The van der Waals surface area contributed by atoms with Gasteiger partial charge in [0.2, 0.25) is 11.0 Å². The number of nitrogens with one attached hydrogen (secondary N) is 1. The van der Waals surface area contributed by atoms with E-state index in [0.29, 0.717) is 5.13 Å². The first-order chi connectivity index (χ1) is 11.7. The molecule has 126 valence electrons. The zero-order valence-corrected chi connectivity index (χ0v) is 15.7. The molecule has 0 fully saturated rings. The minimum Gasteiger partial charge on any atom is -0.309 e. The van der Waals surface area contributed by atoms with Gasteiger partial charge in [0.05, 0.1) is 5.75 Å². The molecule has 0 saturated carbocycles. The van der Waals surface area contributed by atoms with E-state index in [-0.39, 0.29) is 11.7 Å². The zero-order valence-electron chi connectivity index (χ0n) is 13.2. The van der Waals surface area contributed by atoms with E-state index >= 15 is 0 Å². The molecule has 3 heterocycles. The molecule has 0 spiro atoms. The van der Waals surface area contributed by atoms with Crippen molar-refractivity contribution in [2.45, 2.75) is 24.9 Å². The topological polar surface area (TPSA) is 85.6 Å². The molecule has 3 aromatic rings. The Hall–Kier alpha value is -1.78. The highest BCUT2D eigenvalue weighted by Gasteiger charge is 2.13. The van der Waals surface area contributed by atoms with Crippen LogP contribution in [-0.2, 0) is 24.7 Å². The second kappa shape index (κ2) is 7.86. The van der Waals surface area contributed by atoms with Crippen molar-refractivity contribution in [1.82, 2.24) is 25.0 Å². The molecule has 0 aliphatic rings. The minimum atomic E-state index is -0.124. The standard InChI is InChI=1S/C14H16N6OS3/c1-3-12-17-18-13(24-12)15-11(21)8-23-14-19-16-10(20(14)2)7-9-5-4-6-22-9/h4-6H,3,7-8H2,1-2H3,(H,15,18,21). The lowest BCUT2D eigenvalue weighted by Crippen LogP contribution is -2.14. The second-order valence-corrected chi connectivity index (χ2v) is 7.94. The molecule has 0 atom stereocenters. The first kappa shape index (κ1) is 17.1. The monoisotopic (exact) mass is 380 g/mol. The summed E-state index contributed by atoms with van der Waals surface area (Å²) >= 11 is 4.45. The predicted octanol–water partition coefficient (Wildman–Crippen LogP) is 2.61. The summed E-state index contributed by atoms with van der Waals surface area (Å²) in [5.74, 6) is 1.02. The van der Waals surface area contributed by atoms with Gasteiger partial charge < -0.3 is 4.57 Å². The van der Waals surface area contributed by atoms with Gasteiger partial charge in [-0.25, -0.2) is 0 Å². The number of aromatic nitrogens is 5. The fraction of sp³-hybridized carbons (Fsp3) is 0.357. The van der Waals surface area contributed by atoms with Crippen LogP contribution in [0.3, 0.4) is 0 Å². The van der Waals surface area contributed by atoms with Crippen molar-refractivity contribution in [2.75, 3.05) is 11.1 Å². The number of nitrogens with zero attached hydrogens (tertiary/aromatic N) is 5. The molecule has 0 aliphatic heterocycles. The predicted molar refractivity (Wildman–Crippen MR) is 96.8 cm³/mol. The number of thiophene rings is 1. The molecule has 0 unspecified atom stereocenters. The maximum atomic E-state index is 12.0. The van der Waals surface area contributed by atoms with Gasteiger partial charge in [-0.1, -0.05) is 36.1 Å². The summed E-state index contributed by atoms with van der Waals surface area (Å²) < 4.78 is 1.93. The maximum Gasteiger partial charge on any atom is 0.236 e. The Labute approximate surface area is 151 Å². The maximum absolute atomic E-state index is 12.0. The van der Waals surface area contributed by atoms with E-state index < -0.39 is 0 Å². The third-order valence-corrected chi connectivity index (χ3v) is 6.07. The molecule has 0 aromatic carbocycles. The van der Waals surface area contributed by atoms with E-state index in [1.54, 1.807) is 11.3 Å². The molecule has 1 N–H and O–H groups in total. The highest BCUT2D eigenvalue weighted by molar-refractivity contribution is 7.99. The van der Waals surface area contributed by atoms with Crippen LogP contribution in [0.2, 0.25) is 0 Å². The number of amides is 1. The molecular weight excluding hydrogens is 364 g/mol. The Bertz CT molecular complexity index is 810. The van der Waals surface area contributed by atoms with Crippen LogP contribution in [0.25, 0.3) is 0 Å². The van der Waals surface area contributed by atoms with Crippen LogP contribution in [0.1, 0.15) is 22.6 Å². The van der Waals surface area contributed by atoms with Crippen molar-refractivity contribution in [3.63, 3.8) is 0 Å². The van der Waals surface area contributed by atoms with Crippen molar-refractivity contribution in [1.29, 1.82) is 0 Å². The second-order valence-electron chi connectivity index (χ2n) is 4.91. The van der Waals surface area contributed by atoms with Crippen LogP contribution >= 0.6 is 34.4 Å². The number of rotatable bonds is 7. The van der Waals surface area contributed by atoms with E-state index in [2.05, 4.69) is 31.8 Å². The molecule has 3 aromatic heterocycles. The van der Waals surface area contributed by atoms with Crippen molar-refractivity contribution in [2.24, 2.45) is 7.05 Å². The lowest BCUT2D eigenvalue weighted by Gasteiger charge is -2.03. The summed E-state index contributed by atoms with van der Waals surface area (Å²) in [5.41, 5.74) is 0. The Balaban J connectivity index is 1.54. The number of anilines is 1. The number of thioether (sulfide) groups is 1.